The maximum Gasteiger partial charge on any atom is 0.311 e. The molecule has 3 nitrogen and oxygen atoms in total. The van der Waals surface area contributed by atoms with Crippen LogP contribution in [0, 0.1) is 17.3 Å². The van der Waals surface area contributed by atoms with E-state index in [4.69, 9.17) is 0 Å². The maximum atomic E-state index is 11.6. The lowest BCUT2D eigenvalue weighted by atomic mass is 9.76. The number of carboxylic acids is 1. The minimum atomic E-state index is -0.594. The van der Waals surface area contributed by atoms with Gasteiger partial charge < -0.3 is 5.11 Å². The quantitative estimate of drug-likeness (QED) is 0.840. The molecule has 2 rings (SSSR count). The second-order valence-electron chi connectivity index (χ2n) is 6.67. The maximum absolute atomic E-state index is 11.6. The van der Waals surface area contributed by atoms with Crippen LogP contribution in [0.2, 0.25) is 0 Å². The Balaban J connectivity index is 2.08. The van der Waals surface area contributed by atoms with Gasteiger partial charge in [0.05, 0.1) is 5.41 Å². The van der Waals surface area contributed by atoms with E-state index in [1.807, 2.05) is 0 Å². The first kappa shape index (κ1) is 13.9. The van der Waals surface area contributed by atoms with E-state index in [0.29, 0.717) is 6.04 Å². The highest BCUT2D eigenvalue weighted by Crippen LogP contribution is 2.41. The van der Waals surface area contributed by atoms with Gasteiger partial charge in [-0.15, -0.1) is 0 Å². The second-order valence-corrected chi connectivity index (χ2v) is 6.67. The van der Waals surface area contributed by atoms with Crippen LogP contribution in [-0.2, 0) is 4.79 Å². The highest BCUT2D eigenvalue weighted by molar-refractivity contribution is 5.75. The third-order valence-corrected chi connectivity index (χ3v) is 5.40. The second kappa shape index (κ2) is 5.20. The monoisotopic (exact) mass is 253 g/mol. The minimum Gasteiger partial charge on any atom is -0.481 e. The van der Waals surface area contributed by atoms with Gasteiger partial charge in [0.1, 0.15) is 0 Å². The molecule has 1 aliphatic carbocycles. The Morgan fingerprint density at radius 3 is 2.50 bits per heavy atom. The predicted molar refractivity (Wildman–Crippen MR) is 72.5 cm³/mol. The topological polar surface area (TPSA) is 40.5 Å². The van der Waals surface area contributed by atoms with Gasteiger partial charge in [-0.05, 0) is 37.6 Å². The number of aliphatic carboxylic acids is 1. The van der Waals surface area contributed by atoms with Crippen LogP contribution >= 0.6 is 0 Å². The van der Waals surface area contributed by atoms with Crippen molar-refractivity contribution in [3.8, 4) is 0 Å². The summed E-state index contributed by atoms with van der Waals surface area (Å²) in [4.78, 5) is 14.1. The number of rotatable bonds is 3. The molecule has 1 heterocycles. The lowest BCUT2D eigenvalue weighted by molar-refractivity contribution is -0.151. The van der Waals surface area contributed by atoms with Crippen molar-refractivity contribution in [2.75, 3.05) is 13.1 Å². The molecule has 2 fully saturated rings. The molecule has 0 spiro atoms. The van der Waals surface area contributed by atoms with Gasteiger partial charge in [0, 0.05) is 12.6 Å². The molecule has 3 atom stereocenters. The van der Waals surface area contributed by atoms with E-state index in [0.717, 1.165) is 25.4 Å². The van der Waals surface area contributed by atoms with E-state index in [1.165, 1.54) is 25.7 Å². The number of likely N-dealkylation sites (tertiary alicyclic amines) is 1. The van der Waals surface area contributed by atoms with E-state index < -0.39 is 11.4 Å². The van der Waals surface area contributed by atoms with Gasteiger partial charge in [0.25, 0.3) is 0 Å². The van der Waals surface area contributed by atoms with Crippen molar-refractivity contribution in [1.29, 1.82) is 0 Å². The Hall–Kier alpha value is -0.570. The molecule has 0 bridgehead atoms. The summed E-state index contributed by atoms with van der Waals surface area (Å²) >= 11 is 0. The molecule has 0 aromatic rings. The van der Waals surface area contributed by atoms with Crippen LogP contribution in [0.4, 0.5) is 0 Å². The fourth-order valence-corrected chi connectivity index (χ4v) is 3.88. The molecule has 1 saturated heterocycles. The van der Waals surface area contributed by atoms with Gasteiger partial charge >= 0.3 is 5.97 Å². The normalized spacial score (nSPS) is 38.2. The molecule has 3 heteroatoms. The average molecular weight is 253 g/mol. The van der Waals surface area contributed by atoms with E-state index in [-0.39, 0.29) is 5.92 Å². The zero-order valence-electron chi connectivity index (χ0n) is 12.0. The van der Waals surface area contributed by atoms with Gasteiger partial charge in [0.15, 0.2) is 0 Å². The third-order valence-electron chi connectivity index (χ3n) is 5.40. The molecule has 104 valence electrons. The molecule has 1 aliphatic heterocycles. The Bertz CT molecular complexity index is 316. The Morgan fingerprint density at radius 2 is 2.00 bits per heavy atom. The van der Waals surface area contributed by atoms with E-state index >= 15 is 0 Å². The summed E-state index contributed by atoms with van der Waals surface area (Å²) < 4.78 is 0. The Kier molecular flexibility index (Phi) is 4.00. The van der Waals surface area contributed by atoms with E-state index in [2.05, 4.69) is 25.7 Å². The van der Waals surface area contributed by atoms with Gasteiger partial charge in [-0.1, -0.05) is 33.6 Å². The van der Waals surface area contributed by atoms with Crippen LogP contribution in [0.25, 0.3) is 0 Å². The standard InChI is InChI=1S/C15H27NO2/c1-11(2)15(14(17)18)8-9-16(10-15)13-7-5-4-6-12(13)3/h11-13H,4-10H2,1-3H3,(H,17,18). The van der Waals surface area contributed by atoms with Crippen LogP contribution in [0.3, 0.4) is 0 Å². The lowest BCUT2D eigenvalue weighted by Gasteiger charge is -2.37. The minimum absolute atomic E-state index is 0.221. The molecule has 1 N–H and O–H groups in total. The average Bonchev–Trinajstić information content (AvgIpc) is 2.75. The van der Waals surface area contributed by atoms with Gasteiger partial charge in [-0.25, -0.2) is 0 Å². The van der Waals surface area contributed by atoms with Crippen LogP contribution in [0.1, 0.15) is 52.9 Å². The molecular weight excluding hydrogens is 226 g/mol. The lowest BCUT2D eigenvalue weighted by Crippen LogP contribution is -2.44. The zero-order chi connectivity index (χ0) is 13.3. The first-order chi connectivity index (χ1) is 8.47. The van der Waals surface area contributed by atoms with Crippen LogP contribution in [0.5, 0.6) is 0 Å². The smallest absolute Gasteiger partial charge is 0.311 e. The first-order valence-corrected chi connectivity index (χ1v) is 7.45. The van der Waals surface area contributed by atoms with Crippen molar-refractivity contribution in [3.05, 3.63) is 0 Å². The fraction of sp³-hybridized carbons (Fsp3) is 0.933. The Labute approximate surface area is 111 Å². The van der Waals surface area contributed by atoms with Crippen molar-refractivity contribution in [3.63, 3.8) is 0 Å². The first-order valence-electron chi connectivity index (χ1n) is 7.45. The number of nitrogens with zero attached hydrogens (tertiary/aromatic N) is 1. The largest absolute Gasteiger partial charge is 0.481 e. The summed E-state index contributed by atoms with van der Waals surface area (Å²) in [6.45, 7) is 8.18. The summed E-state index contributed by atoms with van der Waals surface area (Å²) in [7, 11) is 0. The fourth-order valence-electron chi connectivity index (χ4n) is 3.88. The van der Waals surface area contributed by atoms with Crippen molar-refractivity contribution < 1.29 is 9.90 Å². The third kappa shape index (κ3) is 2.29. The van der Waals surface area contributed by atoms with Crippen molar-refractivity contribution in [1.82, 2.24) is 4.90 Å². The molecule has 3 unspecified atom stereocenters. The van der Waals surface area contributed by atoms with Crippen molar-refractivity contribution >= 4 is 5.97 Å². The SMILES string of the molecule is CC1CCCCC1N1CCC(C(=O)O)(C(C)C)C1. The number of carboxylic acid groups (broad SMARTS) is 1. The molecule has 0 amide bonds. The van der Waals surface area contributed by atoms with Crippen molar-refractivity contribution in [2.24, 2.45) is 17.3 Å². The predicted octanol–water partition coefficient (Wildman–Crippen LogP) is 3.00. The van der Waals surface area contributed by atoms with Crippen LogP contribution in [0.15, 0.2) is 0 Å². The molecular formula is C15H27NO2. The van der Waals surface area contributed by atoms with Crippen LogP contribution in [-0.4, -0.2) is 35.1 Å². The van der Waals surface area contributed by atoms with E-state index in [1.54, 1.807) is 0 Å². The number of carbonyl (C=O) groups is 1. The summed E-state index contributed by atoms with van der Waals surface area (Å²) in [5.41, 5.74) is -0.503. The summed E-state index contributed by atoms with van der Waals surface area (Å²) in [6.07, 6.45) is 6.05. The molecule has 18 heavy (non-hydrogen) atoms. The zero-order valence-corrected chi connectivity index (χ0v) is 12.0. The summed E-state index contributed by atoms with van der Waals surface area (Å²) in [6, 6.07) is 0.624. The number of hydrogen-bond acceptors (Lipinski definition) is 2. The summed E-state index contributed by atoms with van der Waals surface area (Å²) in [5, 5.41) is 9.59. The summed E-state index contributed by atoms with van der Waals surface area (Å²) in [5.74, 6) is 0.359. The molecule has 1 saturated carbocycles. The Morgan fingerprint density at radius 1 is 1.33 bits per heavy atom. The number of hydrogen-bond donors (Lipinski definition) is 1. The highest BCUT2D eigenvalue weighted by Gasteiger charge is 2.49. The highest BCUT2D eigenvalue weighted by atomic mass is 16.4. The van der Waals surface area contributed by atoms with Gasteiger partial charge in [-0.3, -0.25) is 9.69 Å². The van der Waals surface area contributed by atoms with Crippen LogP contribution < -0.4 is 0 Å². The van der Waals surface area contributed by atoms with Crippen molar-refractivity contribution in [2.45, 2.75) is 58.9 Å². The molecule has 0 aromatic heterocycles. The van der Waals surface area contributed by atoms with E-state index in [9.17, 15) is 9.90 Å². The molecule has 2 aliphatic rings. The van der Waals surface area contributed by atoms with Gasteiger partial charge in [0.2, 0.25) is 0 Å². The van der Waals surface area contributed by atoms with Gasteiger partial charge in [-0.2, -0.15) is 0 Å². The molecule has 0 aromatic carbocycles. The molecule has 0 radical (unpaired) electrons.